The van der Waals surface area contributed by atoms with Gasteiger partial charge in [-0.25, -0.2) is 15.0 Å². The summed E-state index contributed by atoms with van der Waals surface area (Å²) < 4.78 is 0. The Morgan fingerprint density at radius 2 is 2.10 bits per heavy atom. The summed E-state index contributed by atoms with van der Waals surface area (Å²) in [6, 6.07) is 2.27. The van der Waals surface area contributed by atoms with E-state index in [4.69, 9.17) is 9.97 Å². The van der Waals surface area contributed by atoms with Crippen molar-refractivity contribution in [1.29, 1.82) is 0 Å². The number of hydrogen-bond donors (Lipinski definition) is 2. The van der Waals surface area contributed by atoms with Crippen molar-refractivity contribution in [2.24, 2.45) is 0 Å². The lowest BCUT2D eigenvalue weighted by Gasteiger charge is -2.17. The summed E-state index contributed by atoms with van der Waals surface area (Å²) in [6.07, 6.45) is 10.6. The van der Waals surface area contributed by atoms with E-state index >= 15 is 0 Å². The Bertz CT molecular complexity index is 1150. The van der Waals surface area contributed by atoms with E-state index in [1.54, 1.807) is 29.9 Å². The molecular formula is C21H23N7S. The van der Waals surface area contributed by atoms with Crippen LogP contribution in [0, 0.1) is 6.92 Å². The molecule has 4 aromatic rings. The predicted octanol–water partition coefficient (Wildman–Crippen LogP) is 4.10. The molecule has 1 aliphatic rings. The minimum absolute atomic E-state index is 0.185. The molecule has 0 spiro atoms. The van der Waals surface area contributed by atoms with Crippen LogP contribution in [0.15, 0.2) is 24.7 Å². The van der Waals surface area contributed by atoms with Gasteiger partial charge in [-0.15, -0.1) is 11.3 Å². The Morgan fingerprint density at radius 1 is 1.21 bits per heavy atom. The van der Waals surface area contributed by atoms with Crippen LogP contribution in [0.3, 0.4) is 0 Å². The van der Waals surface area contributed by atoms with Crippen molar-refractivity contribution in [3.8, 4) is 11.5 Å². The molecule has 0 radical (unpaired) electrons. The monoisotopic (exact) mass is 405 g/mol. The smallest absolute Gasteiger partial charge is 0.183 e. The van der Waals surface area contributed by atoms with Gasteiger partial charge in [0, 0.05) is 35.4 Å². The van der Waals surface area contributed by atoms with E-state index in [2.05, 4.69) is 38.5 Å². The quantitative estimate of drug-likeness (QED) is 0.519. The highest BCUT2D eigenvalue weighted by atomic mass is 32.1. The van der Waals surface area contributed by atoms with Gasteiger partial charge < -0.3 is 5.32 Å². The Hall–Kier alpha value is -2.87. The summed E-state index contributed by atoms with van der Waals surface area (Å²) in [5, 5.41) is 12.2. The van der Waals surface area contributed by atoms with Crippen LogP contribution in [-0.2, 0) is 19.3 Å². The molecule has 1 atom stereocenters. The summed E-state index contributed by atoms with van der Waals surface area (Å²) in [5.41, 5.74) is 4.24. The fourth-order valence-corrected chi connectivity index (χ4v) is 5.23. The molecule has 7 nitrogen and oxygen atoms in total. The largest absolute Gasteiger partial charge is 0.367 e. The van der Waals surface area contributed by atoms with Crippen LogP contribution in [0.1, 0.15) is 41.6 Å². The number of anilines is 1. The molecule has 0 saturated carbocycles. The van der Waals surface area contributed by atoms with Crippen LogP contribution in [0.4, 0.5) is 5.82 Å². The van der Waals surface area contributed by atoms with E-state index in [1.807, 2.05) is 6.92 Å². The van der Waals surface area contributed by atoms with Crippen LogP contribution >= 0.6 is 11.3 Å². The van der Waals surface area contributed by atoms with Crippen LogP contribution in [-0.4, -0.2) is 36.2 Å². The Labute approximate surface area is 173 Å². The average molecular weight is 406 g/mol. The lowest BCUT2D eigenvalue weighted by atomic mass is 9.97. The molecule has 0 aromatic carbocycles. The molecule has 0 bridgehead atoms. The molecule has 0 aliphatic heterocycles. The van der Waals surface area contributed by atoms with Crippen LogP contribution in [0.5, 0.6) is 0 Å². The maximum Gasteiger partial charge on any atom is 0.183 e. The number of fused-ring (bicyclic) bond motifs is 3. The van der Waals surface area contributed by atoms with E-state index in [1.165, 1.54) is 28.7 Å². The molecule has 5 rings (SSSR count). The SMILES string of the molecule is Cc1cc(CC(C)Nc2nc(-c3cnccn3)nc3sc4c(c23)CCCC4)n[nH]1. The number of hydrogen-bond acceptors (Lipinski definition) is 7. The Morgan fingerprint density at radius 3 is 2.90 bits per heavy atom. The van der Waals surface area contributed by atoms with Gasteiger partial charge in [0.05, 0.1) is 17.3 Å². The molecular weight excluding hydrogens is 382 g/mol. The molecule has 0 saturated heterocycles. The van der Waals surface area contributed by atoms with Gasteiger partial charge in [-0.1, -0.05) is 0 Å². The van der Waals surface area contributed by atoms with E-state index in [9.17, 15) is 0 Å². The van der Waals surface area contributed by atoms with Crippen molar-refractivity contribution in [3.05, 3.63) is 46.5 Å². The van der Waals surface area contributed by atoms with Crippen LogP contribution < -0.4 is 5.32 Å². The third-order valence-corrected chi connectivity index (χ3v) is 6.45. The predicted molar refractivity (Wildman–Crippen MR) is 115 cm³/mol. The van der Waals surface area contributed by atoms with E-state index < -0.39 is 0 Å². The summed E-state index contributed by atoms with van der Waals surface area (Å²) in [4.78, 5) is 20.8. The fourth-order valence-electron chi connectivity index (χ4n) is 3.97. The maximum atomic E-state index is 4.89. The van der Waals surface area contributed by atoms with Gasteiger partial charge >= 0.3 is 0 Å². The fraction of sp³-hybridized carbons (Fsp3) is 0.381. The normalized spacial score (nSPS) is 14.7. The molecule has 0 fully saturated rings. The lowest BCUT2D eigenvalue weighted by molar-refractivity contribution is 0.700. The number of rotatable bonds is 5. The zero-order valence-corrected chi connectivity index (χ0v) is 17.4. The van der Waals surface area contributed by atoms with Gasteiger partial charge in [0.15, 0.2) is 5.82 Å². The van der Waals surface area contributed by atoms with Crippen molar-refractivity contribution < 1.29 is 0 Å². The minimum atomic E-state index is 0.185. The van der Waals surface area contributed by atoms with Gasteiger partial charge in [0.2, 0.25) is 0 Å². The minimum Gasteiger partial charge on any atom is -0.367 e. The van der Waals surface area contributed by atoms with Crippen molar-refractivity contribution >= 4 is 27.4 Å². The number of thiophene rings is 1. The third kappa shape index (κ3) is 3.60. The van der Waals surface area contributed by atoms with Crippen LogP contribution in [0.2, 0.25) is 0 Å². The van der Waals surface area contributed by atoms with Crippen molar-refractivity contribution in [2.45, 2.75) is 52.0 Å². The molecule has 2 N–H and O–H groups in total. The summed E-state index contributed by atoms with van der Waals surface area (Å²) in [5.74, 6) is 1.52. The van der Waals surface area contributed by atoms with Gasteiger partial charge in [-0.2, -0.15) is 5.10 Å². The summed E-state index contributed by atoms with van der Waals surface area (Å²) in [6.45, 7) is 4.19. The Balaban J connectivity index is 1.56. The van der Waals surface area contributed by atoms with Crippen molar-refractivity contribution in [1.82, 2.24) is 30.1 Å². The second kappa shape index (κ2) is 7.51. The summed E-state index contributed by atoms with van der Waals surface area (Å²) in [7, 11) is 0. The second-order valence-corrected chi connectivity index (χ2v) is 8.75. The zero-order valence-electron chi connectivity index (χ0n) is 16.6. The van der Waals surface area contributed by atoms with Crippen molar-refractivity contribution in [3.63, 3.8) is 0 Å². The molecule has 29 heavy (non-hydrogen) atoms. The lowest BCUT2D eigenvalue weighted by Crippen LogP contribution is -2.20. The van der Waals surface area contributed by atoms with E-state index in [-0.39, 0.29) is 6.04 Å². The first-order chi connectivity index (χ1) is 14.2. The van der Waals surface area contributed by atoms with E-state index in [0.29, 0.717) is 11.5 Å². The second-order valence-electron chi connectivity index (χ2n) is 7.67. The van der Waals surface area contributed by atoms with Gasteiger partial charge in [0.25, 0.3) is 0 Å². The molecule has 8 heteroatoms. The van der Waals surface area contributed by atoms with Gasteiger partial charge in [-0.05, 0) is 51.2 Å². The average Bonchev–Trinajstić information content (AvgIpc) is 3.31. The number of aromatic amines is 1. The van der Waals surface area contributed by atoms with Crippen LogP contribution in [0.25, 0.3) is 21.7 Å². The number of nitrogens with one attached hydrogen (secondary N) is 2. The highest BCUT2D eigenvalue weighted by Crippen LogP contribution is 2.39. The molecule has 4 heterocycles. The third-order valence-electron chi connectivity index (χ3n) is 5.26. The number of H-pyrrole nitrogens is 1. The highest BCUT2D eigenvalue weighted by Gasteiger charge is 2.22. The molecule has 1 unspecified atom stereocenters. The number of aromatic nitrogens is 6. The molecule has 1 aliphatic carbocycles. The molecule has 148 valence electrons. The number of nitrogens with zero attached hydrogens (tertiary/aromatic N) is 5. The van der Waals surface area contributed by atoms with E-state index in [0.717, 1.165) is 41.3 Å². The van der Waals surface area contributed by atoms with Gasteiger partial charge in [-0.3, -0.25) is 10.1 Å². The van der Waals surface area contributed by atoms with Crippen molar-refractivity contribution in [2.75, 3.05) is 5.32 Å². The maximum absolute atomic E-state index is 4.89. The highest BCUT2D eigenvalue weighted by molar-refractivity contribution is 7.19. The summed E-state index contributed by atoms with van der Waals surface area (Å²) >= 11 is 1.80. The standard InChI is InChI=1S/C21H23N7S/c1-12(9-14-10-13(2)27-28-14)24-20-18-15-5-3-4-6-17(15)29-21(18)26-19(25-20)16-11-22-7-8-23-16/h7-8,10-12H,3-6,9H2,1-2H3,(H,27,28)(H,24,25,26). The number of aryl methyl sites for hydroxylation is 3. The van der Waals surface area contributed by atoms with Gasteiger partial charge in [0.1, 0.15) is 16.3 Å². The molecule has 0 amide bonds. The first-order valence-corrected chi connectivity index (χ1v) is 10.8. The first-order valence-electron chi connectivity index (χ1n) is 10.0. The Kier molecular flexibility index (Phi) is 4.71. The molecule has 4 aromatic heterocycles. The first kappa shape index (κ1) is 18.2. The topological polar surface area (TPSA) is 92.3 Å². The zero-order chi connectivity index (χ0) is 19.8.